The van der Waals surface area contributed by atoms with E-state index in [9.17, 15) is 4.79 Å². The smallest absolute Gasteiger partial charge is 0.254 e. The molecule has 160 valence electrons. The molecule has 1 amide bonds. The molecule has 0 aromatic heterocycles. The number of ether oxygens (including phenoxy) is 5. The van der Waals surface area contributed by atoms with Gasteiger partial charge in [0.25, 0.3) is 5.91 Å². The Morgan fingerprint density at radius 1 is 0.933 bits per heavy atom. The molecule has 1 saturated heterocycles. The highest BCUT2D eigenvalue weighted by atomic mass is 16.5. The predicted molar refractivity (Wildman–Crippen MR) is 111 cm³/mol. The number of nitrogens with zero attached hydrogens (tertiary/aromatic N) is 1. The van der Waals surface area contributed by atoms with Crippen LogP contribution in [0.3, 0.4) is 0 Å². The van der Waals surface area contributed by atoms with Crippen LogP contribution in [0, 0.1) is 0 Å². The molecule has 4 rings (SSSR count). The van der Waals surface area contributed by atoms with Crippen molar-refractivity contribution < 1.29 is 28.5 Å². The Balaban J connectivity index is 1.64. The van der Waals surface area contributed by atoms with Gasteiger partial charge >= 0.3 is 0 Å². The molecular weight excluding hydrogens is 386 g/mol. The largest absolute Gasteiger partial charge is 0.493 e. The summed E-state index contributed by atoms with van der Waals surface area (Å²) in [6.45, 7) is 1.98. The first-order chi connectivity index (χ1) is 14.7. The molecule has 7 nitrogen and oxygen atoms in total. The van der Waals surface area contributed by atoms with Crippen molar-refractivity contribution in [1.29, 1.82) is 0 Å². The second-order valence-electron chi connectivity index (χ2n) is 7.33. The zero-order valence-electron chi connectivity index (χ0n) is 17.6. The van der Waals surface area contributed by atoms with Crippen LogP contribution in [0.2, 0.25) is 0 Å². The van der Waals surface area contributed by atoms with E-state index in [0.29, 0.717) is 42.6 Å². The Kier molecular flexibility index (Phi) is 5.88. The molecule has 30 heavy (non-hydrogen) atoms. The van der Waals surface area contributed by atoms with E-state index in [2.05, 4.69) is 0 Å². The quantitative estimate of drug-likeness (QED) is 0.742. The first kappa shape index (κ1) is 20.2. The lowest BCUT2D eigenvalue weighted by Crippen LogP contribution is -2.30. The van der Waals surface area contributed by atoms with Crippen molar-refractivity contribution in [2.45, 2.75) is 25.3 Å². The molecule has 1 atom stereocenters. The fraction of sp³-hybridized carbons (Fsp3) is 0.435. The zero-order chi connectivity index (χ0) is 21.1. The summed E-state index contributed by atoms with van der Waals surface area (Å²) in [7, 11) is 4.63. The molecule has 2 aliphatic heterocycles. The van der Waals surface area contributed by atoms with E-state index in [1.54, 1.807) is 33.5 Å². The number of likely N-dealkylation sites (tertiary alicyclic amines) is 1. The molecular formula is C23H27NO6. The van der Waals surface area contributed by atoms with Crippen molar-refractivity contribution in [3.63, 3.8) is 0 Å². The van der Waals surface area contributed by atoms with E-state index < -0.39 is 0 Å². The lowest BCUT2D eigenvalue weighted by molar-refractivity contribution is 0.0734. The summed E-state index contributed by atoms with van der Waals surface area (Å²) in [6, 6.07) is 9.36. The van der Waals surface area contributed by atoms with Gasteiger partial charge in [-0.3, -0.25) is 4.79 Å². The summed E-state index contributed by atoms with van der Waals surface area (Å²) in [6.07, 6.45) is 2.70. The van der Waals surface area contributed by atoms with E-state index in [-0.39, 0.29) is 11.9 Å². The molecule has 7 heteroatoms. The van der Waals surface area contributed by atoms with Crippen LogP contribution in [0.1, 0.15) is 41.2 Å². The summed E-state index contributed by atoms with van der Waals surface area (Å²) in [5.74, 6) is 2.84. The molecule has 0 radical (unpaired) electrons. The number of methoxy groups -OCH3 is 3. The highest BCUT2D eigenvalue weighted by Gasteiger charge is 2.32. The van der Waals surface area contributed by atoms with Crippen molar-refractivity contribution >= 4 is 5.91 Å². The maximum atomic E-state index is 13.4. The lowest BCUT2D eigenvalue weighted by Gasteiger charge is -2.26. The topological polar surface area (TPSA) is 66.5 Å². The van der Waals surface area contributed by atoms with Gasteiger partial charge < -0.3 is 28.6 Å². The molecule has 0 bridgehead atoms. The Morgan fingerprint density at radius 3 is 2.30 bits per heavy atom. The summed E-state index contributed by atoms with van der Waals surface area (Å²) in [5, 5.41) is 0. The monoisotopic (exact) mass is 413 g/mol. The molecule has 2 heterocycles. The first-order valence-corrected chi connectivity index (χ1v) is 10.2. The van der Waals surface area contributed by atoms with Crippen molar-refractivity contribution in [2.24, 2.45) is 0 Å². The standard InChI is InChI=1S/C23H27NO6/c1-26-20-13-16(14-21(27-2)22(20)28-3)23(25)24-9-4-6-17(24)15-7-8-18-19(12-15)30-11-5-10-29-18/h7-8,12-14,17H,4-6,9-11H2,1-3H3. The third kappa shape index (κ3) is 3.72. The van der Waals surface area contributed by atoms with Gasteiger partial charge in [0.1, 0.15) is 0 Å². The number of rotatable bonds is 5. The number of amides is 1. The predicted octanol–water partition coefficient (Wildman–Crippen LogP) is 3.85. The second-order valence-corrected chi connectivity index (χ2v) is 7.33. The Hall–Kier alpha value is -3.09. The molecule has 0 spiro atoms. The van der Waals surface area contributed by atoms with Crippen LogP contribution >= 0.6 is 0 Å². The van der Waals surface area contributed by atoms with Crippen LogP contribution in [0.15, 0.2) is 30.3 Å². The number of carbonyl (C=O) groups is 1. The van der Waals surface area contributed by atoms with E-state index in [1.807, 2.05) is 23.1 Å². The van der Waals surface area contributed by atoms with Crippen LogP contribution < -0.4 is 23.7 Å². The maximum absolute atomic E-state index is 13.4. The third-order valence-electron chi connectivity index (χ3n) is 5.58. The SMILES string of the molecule is COc1cc(C(=O)N2CCCC2c2ccc3c(c2)OCCCO3)cc(OC)c1OC. The minimum atomic E-state index is -0.0659. The molecule has 0 saturated carbocycles. The highest BCUT2D eigenvalue weighted by Crippen LogP contribution is 2.41. The highest BCUT2D eigenvalue weighted by molar-refractivity contribution is 5.96. The summed E-state index contributed by atoms with van der Waals surface area (Å²) in [5.41, 5.74) is 1.56. The number of hydrogen-bond acceptors (Lipinski definition) is 6. The zero-order valence-corrected chi connectivity index (χ0v) is 17.6. The van der Waals surface area contributed by atoms with Crippen molar-refractivity contribution in [2.75, 3.05) is 41.1 Å². The Bertz CT molecular complexity index is 903. The molecule has 0 N–H and O–H groups in total. The number of benzene rings is 2. The van der Waals surface area contributed by atoms with Gasteiger partial charge in [-0.25, -0.2) is 0 Å². The van der Waals surface area contributed by atoms with Crippen LogP contribution in [0.25, 0.3) is 0 Å². The molecule has 2 aromatic rings. The van der Waals surface area contributed by atoms with Crippen LogP contribution in [0.4, 0.5) is 0 Å². The van der Waals surface area contributed by atoms with Gasteiger partial charge in [0.2, 0.25) is 5.75 Å². The first-order valence-electron chi connectivity index (χ1n) is 10.2. The van der Waals surface area contributed by atoms with E-state index in [4.69, 9.17) is 23.7 Å². The van der Waals surface area contributed by atoms with Gasteiger partial charge in [-0.15, -0.1) is 0 Å². The van der Waals surface area contributed by atoms with Gasteiger partial charge in [0.05, 0.1) is 40.6 Å². The molecule has 2 aromatic carbocycles. The Labute approximate surface area is 176 Å². The van der Waals surface area contributed by atoms with E-state index in [0.717, 1.165) is 36.3 Å². The number of hydrogen-bond donors (Lipinski definition) is 0. The lowest BCUT2D eigenvalue weighted by atomic mass is 10.0. The average molecular weight is 413 g/mol. The number of carbonyl (C=O) groups excluding carboxylic acids is 1. The van der Waals surface area contributed by atoms with Gasteiger partial charge in [-0.1, -0.05) is 6.07 Å². The van der Waals surface area contributed by atoms with Crippen LogP contribution in [-0.2, 0) is 0 Å². The van der Waals surface area contributed by atoms with Gasteiger partial charge in [-0.05, 0) is 42.7 Å². The van der Waals surface area contributed by atoms with Gasteiger partial charge in [-0.2, -0.15) is 0 Å². The molecule has 1 fully saturated rings. The maximum Gasteiger partial charge on any atom is 0.254 e. The third-order valence-corrected chi connectivity index (χ3v) is 5.58. The Morgan fingerprint density at radius 2 is 1.63 bits per heavy atom. The summed E-state index contributed by atoms with van der Waals surface area (Å²) < 4.78 is 27.8. The molecule has 2 aliphatic rings. The van der Waals surface area contributed by atoms with Crippen LogP contribution in [0.5, 0.6) is 28.7 Å². The minimum absolute atomic E-state index is 0.0197. The normalized spacial score (nSPS) is 18.0. The van der Waals surface area contributed by atoms with Crippen molar-refractivity contribution in [3.8, 4) is 28.7 Å². The summed E-state index contributed by atoms with van der Waals surface area (Å²) >= 11 is 0. The van der Waals surface area contributed by atoms with Crippen molar-refractivity contribution in [3.05, 3.63) is 41.5 Å². The summed E-state index contributed by atoms with van der Waals surface area (Å²) in [4.78, 5) is 15.3. The minimum Gasteiger partial charge on any atom is -0.493 e. The number of fused-ring (bicyclic) bond motifs is 1. The van der Waals surface area contributed by atoms with Gasteiger partial charge in [0, 0.05) is 18.5 Å². The van der Waals surface area contributed by atoms with E-state index >= 15 is 0 Å². The fourth-order valence-corrected chi connectivity index (χ4v) is 4.11. The average Bonchev–Trinajstić information content (AvgIpc) is 3.15. The second kappa shape index (κ2) is 8.73. The molecule has 1 unspecified atom stereocenters. The van der Waals surface area contributed by atoms with E-state index in [1.165, 1.54) is 0 Å². The van der Waals surface area contributed by atoms with Gasteiger partial charge in [0.15, 0.2) is 23.0 Å². The molecule has 0 aliphatic carbocycles. The fourth-order valence-electron chi connectivity index (χ4n) is 4.11. The van der Waals surface area contributed by atoms with Crippen molar-refractivity contribution in [1.82, 2.24) is 4.90 Å². The van der Waals surface area contributed by atoms with Crippen LogP contribution in [-0.4, -0.2) is 51.9 Å².